The normalized spacial score (nSPS) is 26.1. The van der Waals surface area contributed by atoms with Gasteiger partial charge in [-0.3, -0.25) is 14.5 Å². The first-order valence-corrected chi connectivity index (χ1v) is 15.4. The minimum atomic E-state index is -0.646. The summed E-state index contributed by atoms with van der Waals surface area (Å²) >= 11 is 0. The van der Waals surface area contributed by atoms with Crippen molar-refractivity contribution in [3.8, 4) is 11.5 Å². The second-order valence-corrected chi connectivity index (χ2v) is 12.3. The molecule has 1 saturated heterocycles. The first-order valence-electron chi connectivity index (χ1n) is 15.4. The SMILES string of the molecule is COC(=O)[C@H]1[C@H]2C[C@@H]3c4[nH]c5cc(OC)ccc5c4CCN3C[C@H]2C[C@@H](OC(=O)/C=C/c2ccc(C)c(OC(C)=O)c2)[C@@H]1OC. The smallest absolute Gasteiger partial charge is 0.331 e. The number of nitrogens with zero attached hydrogens (tertiary/aromatic N) is 1. The van der Waals surface area contributed by atoms with E-state index in [1.807, 2.05) is 31.2 Å². The molecule has 3 heterocycles. The van der Waals surface area contributed by atoms with Crippen molar-refractivity contribution < 1.29 is 38.1 Å². The summed E-state index contributed by atoms with van der Waals surface area (Å²) in [6.45, 7) is 4.88. The Morgan fingerprint density at radius 3 is 2.60 bits per heavy atom. The van der Waals surface area contributed by atoms with Gasteiger partial charge in [0, 0.05) is 55.9 Å². The van der Waals surface area contributed by atoms with Crippen molar-refractivity contribution in [1.82, 2.24) is 9.88 Å². The van der Waals surface area contributed by atoms with Crippen LogP contribution in [0.15, 0.2) is 42.5 Å². The highest BCUT2D eigenvalue weighted by Crippen LogP contribution is 2.50. The average molecular weight is 617 g/mol. The van der Waals surface area contributed by atoms with Gasteiger partial charge >= 0.3 is 17.9 Å². The topological polar surface area (TPSA) is 116 Å². The molecule has 2 aliphatic heterocycles. The van der Waals surface area contributed by atoms with Crippen LogP contribution in [-0.2, 0) is 35.0 Å². The van der Waals surface area contributed by atoms with E-state index in [4.69, 9.17) is 23.7 Å². The number of aromatic amines is 1. The third-order valence-electron chi connectivity index (χ3n) is 9.75. The lowest BCUT2D eigenvalue weighted by Crippen LogP contribution is -2.58. The molecule has 6 atom stereocenters. The second-order valence-electron chi connectivity index (χ2n) is 12.3. The van der Waals surface area contributed by atoms with E-state index in [0.29, 0.717) is 17.7 Å². The summed E-state index contributed by atoms with van der Waals surface area (Å²) in [7, 11) is 4.62. The van der Waals surface area contributed by atoms with Crippen LogP contribution in [-0.4, -0.2) is 74.4 Å². The van der Waals surface area contributed by atoms with Crippen molar-refractivity contribution in [3.63, 3.8) is 0 Å². The van der Waals surface area contributed by atoms with E-state index < -0.39 is 30.1 Å². The lowest BCUT2D eigenvalue weighted by molar-refractivity contribution is -0.187. The largest absolute Gasteiger partial charge is 0.497 e. The molecule has 3 aliphatic rings. The van der Waals surface area contributed by atoms with Gasteiger partial charge in [0.2, 0.25) is 0 Å². The number of nitrogens with one attached hydrogen (secondary N) is 1. The number of aromatic nitrogens is 1. The zero-order valence-corrected chi connectivity index (χ0v) is 26.3. The molecule has 0 amide bonds. The van der Waals surface area contributed by atoms with Crippen molar-refractivity contribution in [1.29, 1.82) is 0 Å². The highest BCUT2D eigenvalue weighted by molar-refractivity contribution is 5.88. The molecule has 10 heteroatoms. The molecule has 45 heavy (non-hydrogen) atoms. The number of carbonyl (C=O) groups excluding carboxylic acids is 3. The van der Waals surface area contributed by atoms with Gasteiger partial charge in [-0.25, -0.2) is 4.79 Å². The Kier molecular flexibility index (Phi) is 8.70. The third-order valence-corrected chi connectivity index (χ3v) is 9.75. The van der Waals surface area contributed by atoms with Gasteiger partial charge in [-0.15, -0.1) is 0 Å². The van der Waals surface area contributed by atoms with Crippen molar-refractivity contribution in [2.24, 2.45) is 17.8 Å². The van der Waals surface area contributed by atoms with Gasteiger partial charge in [0.15, 0.2) is 0 Å². The van der Waals surface area contributed by atoms with Gasteiger partial charge in [-0.2, -0.15) is 0 Å². The molecular formula is C35H40N2O8. The maximum atomic E-state index is 13.4. The van der Waals surface area contributed by atoms with Gasteiger partial charge in [0.05, 0.1) is 26.2 Å². The molecule has 0 spiro atoms. The summed E-state index contributed by atoms with van der Waals surface area (Å²) in [5.74, 6) is -0.531. The number of hydrogen-bond acceptors (Lipinski definition) is 9. The summed E-state index contributed by atoms with van der Waals surface area (Å²) in [6.07, 6.45) is 3.97. The molecule has 6 rings (SSSR count). The number of fused-ring (bicyclic) bond motifs is 6. The Hall–Kier alpha value is -4.15. The Morgan fingerprint density at radius 2 is 1.87 bits per heavy atom. The fourth-order valence-electron chi connectivity index (χ4n) is 7.70. The lowest BCUT2D eigenvalue weighted by Gasteiger charge is -2.52. The molecule has 1 aromatic heterocycles. The second kappa shape index (κ2) is 12.7. The van der Waals surface area contributed by atoms with Crippen LogP contribution >= 0.6 is 0 Å². The molecule has 2 aromatic carbocycles. The minimum absolute atomic E-state index is 0.00621. The molecule has 1 aliphatic carbocycles. The Bertz CT molecular complexity index is 1640. The van der Waals surface area contributed by atoms with Crippen molar-refractivity contribution in [2.75, 3.05) is 34.4 Å². The quantitative estimate of drug-likeness (QED) is 0.228. The number of H-pyrrole nitrogens is 1. The van der Waals surface area contributed by atoms with Crippen LogP contribution in [0.25, 0.3) is 17.0 Å². The van der Waals surface area contributed by atoms with Crippen LogP contribution in [0, 0.1) is 24.7 Å². The van der Waals surface area contributed by atoms with Crippen LogP contribution in [0.5, 0.6) is 11.5 Å². The number of methoxy groups -OCH3 is 3. The number of hydrogen-bond donors (Lipinski definition) is 1. The molecule has 0 bridgehead atoms. The van der Waals surface area contributed by atoms with E-state index in [2.05, 4.69) is 16.0 Å². The number of esters is 3. The Labute approximate surface area is 262 Å². The third kappa shape index (κ3) is 5.96. The molecule has 1 saturated carbocycles. The monoisotopic (exact) mass is 616 g/mol. The van der Waals surface area contributed by atoms with E-state index in [-0.39, 0.29) is 23.8 Å². The van der Waals surface area contributed by atoms with Crippen LogP contribution in [0.3, 0.4) is 0 Å². The molecule has 2 fully saturated rings. The van der Waals surface area contributed by atoms with E-state index in [1.165, 1.54) is 36.8 Å². The number of ether oxygens (including phenoxy) is 5. The first-order chi connectivity index (χ1) is 21.7. The standard InChI is InChI=1S/C35H40N2O8/c1-19-6-7-21(14-29(19)44-20(2)38)8-11-31(39)45-30-15-22-18-37-13-12-25-24-10-9-23(41-3)16-27(24)36-33(25)28(37)17-26(22)32(34(30)42-4)35(40)43-5/h6-11,14,16,22,26,28,30,32,34,36H,12-13,15,17-18H2,1-5H3/b11-8+/t22-,26+,28-,30-,32+,34+/m1/s1. The van der Waals surface area contributed by atoms with E-state index in [0.717, 1.165) is 42.8 Å². The summed E-state index contributed by atoms with van der Waals surface area (Å²) < 4.78 is 27.9. The van der Waals surface area contributed by atoms with E-state index in [1.54, 1.807) is 26.4 Å². The van der Waals surface area contributed by atoms with Crippen LogP contribution in [0.1, 0.15) is 48.2 Å². The molecular weight excluding hydrogens is 576 g/mol. The maximum absolute atomic E-state index is 13.4. The van der Waals surface area contributed by atoms with Crippen LogP contribution < -0.4 is 9.47 Å². The van der Waals surface area contributed by atoms with Crippen LogP contribution in [0.4, 0.5) is 0 Å². The van der Waals surface area contributed by atoms with Crippen molar-refractivity contribution in [3.05, 3.63) is 64.9 Å². The fraction of sp³-hybridized carbons (Fsp3) is 0.457. The number of piperidine rings is 1. The molecule has 0 radical (unpaired) electrons. The molecule has 238 valence electrons. The number of benzene rings is 2. The lowest BCUT2D eigenvalue weighted by atomic mass is 9.63. The Morgan fingerprint density at radius 1 is 1.04 bits per heavy atom. The van der Waals surface area contributed by atoms with Gasteiger partial charge < -0.3 is 28.7 Å². The highest BCUT2D eigenvalue weighted by atomic mass is 16.6. The average Bonchev–Trinajstić information content (AvgIpc) is 3.41. The maximum Gasteiger partial charge on any atom is 0.331 e. The molecule has 1 N–H and O–H groups in total. The summed E-state index contributed by atoms with van der Waals surface area (Å²) in [4.78, 5) is 44.1. The zero-order chi connectivity index (χ0) is 31.8. The first kappa shape index (κ1) is 30.9. The predicted octanol–water partition coefficient (Wildman–Crippen LogP) is 4.78. The highest BCUT2D eigenvalue weighted by Gasteiger charge is 2.54. The van der Waals surface area contributed by atoms with Gasteiger partial charge in [-0.05, 0) is 79.0 Å². The minimum Gasteiger partial charge on any atom is -0.497 e. The predicted molar refractivity (Wildman–Crippen MR) is 167 cm³/mol. The fourth-order valence-corrected chi connectivity index (χ4v) is 7.70. The molecule has 3 aromatic rings. The number of carbonyl (C=O) groups is 3. The number of aryl methyl sites for hydroxylation is 1. The van der Waals surface area contributed by atoms with E-state index >= 15 is 0 Å². The summed E-state index contributed by atoms with van der Waals surface area (Å²) in [6, 6.07) is 11.6. The van der Waals surface area contributed by atoms with Gasteiger partial charge in [-0.1, -0.05) is 12.1 Å². The summed E-state index contributed by atoms with van der Waals surface area (Å²) in [5.41, 5.74) is 5.08. The van der Waals surface area contributed by atoms with Gasteiger partial charge in [0.25, 0.3) is 0 Å². The number of rotatable bonds is 7. The summed E-state index contributed by atoms with van der Waals surface area (Å²) in [5, 5.41) is 1.21. The molecule has 10 nitrogen and oxygen atoms in total. The zero-order valence-electron chi connectivity index (χ0n) is 26.3. The van der Waals surface area contributed by atoms with Crippen LogP contribution in [0.2, 0.25) is 0 Å². The van der Waals surface area contributed by atoms with Crippen molar-refractivity contribution >= 4 is 34.9 Å². The Balaban J connectivity index is 1.22. The molecule has 0 unspecified atom stereocenters. The van der Waals surface area contributed by atoms with Crippen molar-refractivity contribution in [2.45, 2.75) is 51.4 Å². The van der Waals surface area contributed by atoms with E-state index in [9.17, 15) is 14.4 Å². The van der Waals surface area contributed by atoms with Gasteiger partial charge in [0.1, 0.15) is 23.7 Å².